The van der Waals surface area contributed by atoms with E-state index < -0.39 is 11.7 Å². The van der Waals surface area contributed by atoms with Gasteiger partial charge >= 0.3 is 0 Å². The second-order valence-corrected chi connectivity index (χ2v) is 10.1. The van der Waals surface area contributed by atoms with Crippen LogP contribution in [0.2, 0.25) is 0 Å². The van der Waals surface area contributed by atoms with E-state index in [-0.39, 0.29) is 11.5 Å². The molecular weight excluding hydrogens is 479 g/mol. The van der Waals surface area contributed by atoms with E-state index in [9.17, 15) is 14.0 Å². The van der Waals surface area contributed by atoms with Gasteiger partial charge in [-0.3, -0.25) is 9.59 Å². The maximum absolute atomic E-state index is 13.9. The summed E-state index contributed by atoms with van der Waals surface area (Å²) in [5.74, 6) is -0.915. The third kappa shape index (κ3) is 4.85. The molecule has 1 N–H and O–H groups in total. The van der Waals surface area contributed by atoms with Crippen LogP contribution < -0.4 is 10.2 Å². The van der Waals surface area contributed by atoms with Gasteiger partial charge in [0.25, 0.3) is 11.8 Å². The lowest BCUT2D eigenvalue weighted by Crippen LogP contribution is -2.31. The standard InChI is InChI=1S/C31H31FN4O2/c1-20-16-23(33-30(37)27-9-7-10-28(32)21(27)2)12-15-26(20)31(38)36-19-25-14-13-24(18-34(3)4)35(25)17-22-8-5-6-11-29(22)36/h5-16H,17-19H2,1-4H3,(H,33,37). The zero-order chi connectivity index (χ0) is 27.0. The zero-order valence-electron chi connectivity index (χ0n) is 22.1. The SMILES string of the molecule is Cc1cc(NC(=O)c2cccc(F)c2C)ccc1C(=O)N1Cc2ccc(CN(C)C)n2Cc2ccccc21. The van der Waals surface area contributed by atoms with Gasteiger partial charge in [-0.15, -0.1) is 0 Å². The predicted molar refractivity (Wildman–Crippen MR) is 148 cm³/mol. The number of hydrogen-bond donors (Lipinski definition) is 1. The third-order valence-corrected chi connectivity index (χ3v) is 7.04. The van der Waals surface area contributed by atoms with Crippen molar-refractivity contribution in [3.05, 3.63) is 118 Å². The molecule has 0 bridgehead atoms. The van der Waals surface area contributed by atoms with Crippen molar-refractivity contribution in [3.8, 4) is 0 Å². The first-order chi connectivity index (χ1) is 18.2. The van der Waals surface area contributed by atoms with Crippen molar-refractivity contribution in [1.29, 1.82) is 0 Å². The number of halogens is 1. The Kier molecular flexibility index (Phi) is 6.87. The van der Waals surface area contributed by atoms with Crippen LogP contribution in [0.5, 0.6) is 0 Å². The molecule has 0 atom stereocenters. The average Bonchev–Trinajstić information content (AvgIpc) is 3.15. The number of carbonyl (C=O) groups is 2. The summed E-state index contributed by atoms with van der Waals surface area (Å²) in [7, 11) is 4.10. The number of para-hydroxylation sites is 1. The lowest BCUT2D eigenvalue weighted by Gasteiger charge is -2.24. The molecule has 3 aromatic carbocycles. The molecule has 0 saturated heterocycles. The van der Waals surface area contributed by atoms with Gasteiger partial charge in [0, 0.05) is 47.0 Å². The van der Waals surface area contributed by atoms with Gasteiger partial charge < -0.3 is 19.7 Å². The molecule has 0 fully saturated rings. The average molecular weight is 511 g/mol. The Bertz CT molecular complexity index is 1540. The van der Waals surface area contributed by atoms with Crippen molar-refractivity contribution < 1.29 is 14.0 Å². The summed E-state index contributed by atoms with van der Waals surface area (Å²) in [5, 5.41) is 2.83. The fraction of sp³-hybridized carbons (Fsp3) is 0.226. The highest BCUT2D eigenvalue weighted by Crippen LogP contribution is 2.31. The maximum Gasteiger partial charge on any atom is 0.258 e. The number of nitrogens with one attached hydrogen (secondary N) is 1. The van der Waals surface area contributed by atoms with Crippen LogP contribution in [0.4, 0.5) is 15.8 Å². The van der Waals surface area contributed by atoms with Crippen molar-refractivity contribution in [2.24, 2.45) is 0 Å². The smallest absolute Gasteiger partial charge is 0.258 e. The molecule has 0 saturated carbocycles. The number of amides is 2. The number of carbonyl (C=O) groups excluding carboxylic acids is 2. The van der Waals surface area contributed by atoms with E-state index in [2.05, 4.69) is 47.1 Å². The van der Waals surface area contributed by atoms with Crippen molar-refractivity contribution in [3.63, 3.8) is 0 Å². The van der Waals surface area contributed by atoms with E-state index in [0.29, 0.717) is 29.9 Å². The number of benzene rings is 3. The first-order valence-corrected chi connectivity index (χ1v) is 12.6. The second-order valence-electron chi connectivity index (χ2n) is 10.1. The number of fused-ring (bicyclic) bond motifs is 2. The first-order valence-electron chi connectivity index (χ1n) is 12.6. The van der Waals surface area contributed by atoms with Crippen LogP contribution in [0.3, 0.4) is 0 Å². The molecule has 1 aliphatic heterocycles. The minimum Gasteiger partial charge on any atom is -0.341 e. The number of aromatic nitrogens is 1. The van der Waals surface area contributed by atoms with Gasteiger partial charge in [0.05, 0.1) is 6.54 Å². The number of aryl methyl sites for hydroxylation is 1. The van der Waals surface area contributed by atoms with Gasteiger partial charge in [-0.05, 0) is 93.2 Å². The number of rotatable bonds is 5. The molecule has 1 aromatic heterocycles. The minimum absolute atomic E-state index is 0.0994. The Balaban J connectivity index is 1.44. The first kappa shape index (κ1) is 25.4. The number of anilines is 2. The van der Waals surface area contributed by atoms with Crippen LogP contribution in [0.15, 0.2) is 72.8 Å². The summed E-state index contributed by atoms with van der Waals surface area (Å²) in [5.41, 5.74) is 6.71. The molecule has 0 radical (unpaired) electrons. The Labute approximate surface area is 222 Å². The van der Waals surface area contributed by atoms with Gasteiger partial charge in [0.2, 0.25) is 0 Å². The van der Waals surface area contributed by atoms with Crippen molar-refractivity contribution in [1.82, 2.24) is 9.47 Å². The van der Waals surface area contributed by atoms with E-state index in [1.807, 2.05) is 30.0 Å². The maximum atomic E-state index is 13.9. The molecule has 2 amide bonds. The lowest BCUT2D eigenvalue weighted by atomic mass is 10.0. The molecule has 2 heterocycles. The van der Waals surface area contributed by atoms with Crippen LogP contribution in [0.1, 0.15) is 48.8 Å². The largest absolute Gasteiger partial charge is 0.341 e. The van der Waals surface area contributed by atoms with Gasteiger partial charge in [-0.1, -0.05) is 24.3 Å². The normalized spacial score (nSPS) is 12.6. The highest BCUT2D eigenvalue weighted by atomic mass is 19.1. The summed E-state index contributed by atoms with van der Waals surface area (Å²) in [6.07, 6.45) is 0. The topological polar surface area (TPSA) is 57.6 Å². The molecule has 194 valence electrons. The van der Waals surface area contributed by atoms with Crippen molar-refractivity contribution >= 4 is 23.2 Å². The van der Waals surface area contributed by atoms with Crippen LogP contribution in [-0.4, -0.2) is 35.4 Å². The molecule has 5 rings (SSSR count). The van der Waals surface area contributed by atoms with E-state index in [4.69, 9.17) is 0 Å². The second kappa shape index (κ2) is 10.3. The predicted octanol–water partition coefficient (Wildman–Crippen LogP) is 5.77. The summed E-state index contributed by atoms with van der Waals surface area (Å²) in [6, 6.07) is 22.0. The molecule has 0 aliphatic carbocycles. The lowest BCUT2D eigenvalue weighted by molar-refractivity contribution is 0.0983. The molecule has 7 heteroatoms. The highest BCUT2D eigenvalue weighted by molar-refractivity contribution is 6.09. The molecule has 0 spiro atoms. The van der Waals surface area contributed by atoms with Crippen LogP contribution in [0, 0.1) is 19.7 Å². The van der Waals surface area contributed by atoms with Gasteiger partial charge in [0.15, 0.2) is 0 Å². The molecule has 1 aliphatic rings. The Hall–Kier alpha value is -4.23. The van der Waals surface area contributed by atoms with Crippen LogP contribution >= 0.6 is 0 Å². The minimum atomic E-state index is -0.424. The number of nitrogens with zero attached hydrogens (tertiary/aromatic N) is 3. The summed E-state index contributed by atoms with van der Waals surface area (Å²) < 4.78 is 16.2. The fourth-order valence-electron chi connectivity index (χ4n) is 5.05. The molecule has 38 heavy (non-hydrogen) atoms. The van der Waals surface area contributed by atoms with Gasteiger partial charge in [-0.25, -0.2) is 4.39 Å². The monoisotopic (exact) mass is 510 g/mol. The zero-order valence-corrected chi connectivity index (χ0v) is 22.1. The van der Waals surface area contributed by atoms with Crippen molar-refractivity contribution in [2.75, 3.05) is 24.3 Å². The Morgan fingerprint density at radius 1 is 0.921 bits per heavy atom. The highest BCUT2D eigenvalue weighted by Gasteiger charge is 2.27. The van der Waals surface area contributed by atoms with Gasteiger partial charge in [0.1, 0.15) is 5.82 Å². The van der Waals surface area contributed by atoms with E-state index in [0.717, 1.165) is 29.1 Å². The van der Waals surface area contributed by atoms with Crippen molar-refractivity contribution in [2.45, 2.75) is 33.5 Å². The van der Waals surface area contributed by atoms with Gasteiger partial charge in [-0.2, -0.15) is 0 Å². The molecule has 6 nitrogen and oxygen atoms in total. The summed E-state index contributed by atoms with van der Waals surface area (Å²) in [6.45, 7) is 5.42. The third-order valence-electron chi connectivity index (χ3n) is 7.04. The van der Waals surface area contributed by atoms with Crippen LogP contribution in [0.25, 0.3) is 0 Å². The quantitative estimate of drug-likeness (QED) is 0.371. The van der Waals surface area contributed by atoms with E-state index >= 15 is 0 Å². The Morgan fingerprint density at radius 3 is 2.47 bits per heavy atom. The fourth-order valence-corrected chi connectivity index (χ4v) is 5.05. The molecular formula is C31H31FN4O2. The van der Waals surface area contributed by atoms with E-state index in [1.54, 1.807) is 31.2 Å². The Morgan fingerprint density at radius 2 is 1.71 bits per heavy atom. The number of hydrogen-bond acceptors (Lipinski definition) is 3. The summed E-state index contributed by atoms with van der Waals surface area (Å²) >= 11 is 0. The van der Waals surface area contributed by atoms with E-state index in [1.165, 1.54) is 17.8 Å². The molecule has 0 unspecified atom stereocenters. The van der Waals surface area contributed by atoms with Crippen LogP contribution in [-0.2, 0) is 19.6 Å². The summed E-state index contributed by atoms with van der Waals surface area (Å²) in [4.78, 5) is 30.7. The molecule has 4 aromatic rings.